The van der Waals surface area contributed by atoms with Crippen molar-refractivity contribution in [3.63, 3.8) is 0 Å². The Labute approximate surface area is 146 Å². The number of nitrogens with one attached hydrogen (secondary N) is 2. The SMILES string of the molecule is CN=C(NCCC(=O)NC1CCCC1)N(C)CCC1CCOCC1. The molecule has 2 rings (SSSR count). The van der Waals surface area contributed by atoms with E-state index in [2.05, 4.69) is 27.6 Å². The molecule has 0 aromatic carbocycles. The first kappa shape index (κ1) is 19.0. The number of carbonyl (C=O) groups excluding carboxylic acids is 1. The molecule has 6 nitrogen and oxygen atoms in total. The molecule has 0 radical (unpaired) electrons. The highest BCUT2D eigenvalue weighted by Crippen LogP contribution is 2.18. The molecular formula is C18H34N4O2. The summed E-state index contributed by atoms with van der Waals surface area (Å²) in [7, 11) is 3.86. The molecule has 1 aliphatic carbocycles. The van der Waals surface area contributed by atoms with Crippen LogP contribution >= 0.6 is 0 Å². The van der Waals surface area contributed by atoms with Gasteiger partial charge in [0.2, 0.25) is 5.91 Å². The minimum absolute atomic E-state index is 0.148. The number of ether oxygens (including phenoxy) is 1. The van der Waals surface area contributed by atoms with Crippen LogP contribution in [0.2, 0.25) is 0 Å². The summed E-state index contributed by atoms with van der Waals surface area (Å²) in [6.45, 7) is 3.42. The third-order valence-corrected chi connectivity index (χ3v) is 5.14. The molecule has 24 heavy (non-hydrogen) atoms. The highest BCUT2D eigenvalue weighted by molar-refractivity contribution is 5.81. The Hall–Kier alpha value is -1.30. The smallest absolute Gasteiger partial charge is 0.221 e. The lowest BCUT2D eigenvalue weighted by Crippen LogP contribution is -2.42. The largest absolute Gasteiger partial charge is 0.381 e. The summed E-state index contributed by atoms with van der Waals surface area (Å²) in [5, 5.41) is 6.43. The average Bonchev–Trinajstić information content (AvgIpc) is 3.10. The van der Waals surface area contributed by atoms with Crippen LogP contribution in [-0.2, 0) is 9.53 Å². The van der Waals surface area contributed by atoms with E-state index >= 15 is 0 Å². The fourth-order valence-electron chi connectivity index (χ4n) is 3.56. The van der Waals surface area contributed by atoms with Gasteiger partial charge in [0.15, 0.2) is 5.96 Å². The van der Waals surface area contributed by atoms with E-state index in [4.69, 9.17) is 4.74 Å². The summed E-state index contributed by atoms with van der Waals surface area (Å²) >= 11 is 0. The molecule has 1 aliphatic heterocycles. The van der Waals surface area contributed by atoms with E-state index in [0.29, 0.717) is 19.0 Å². The van der Waals surface area contributed by atoms with Gasteiger partial charge in [0.05, 0.1) is 0 Å². The van der Waals surface area contributed by atoms with E-state index in [-0.39, 0.29) is 5.91 Å². The monoisotopic (exact) mass is 338 g/mol. The molecule has 0 unspecified atom stereocenters. The Balaban J connectivity index is 1.60. The topological polar surface area (TPSA) is 66.0 Å². The molecule has 0 bridgehead atoms. The third-order valence-electron chi connectivity index (χ3n) is 5.14. The van der Waals surface area contributed by atoms with E-state index in [1.807, 2.05) is 0 Å². The lowest BCUT2D eigenvalue weighted by Gasteiger charge is -2.26. The Morgan fingerprint density at radius 3 is 2.58 bits per heavy atom. The molecule has 138 valence electrons. The minimum atomic E-state index is 0.148. The summed E-state index contributed by atoms with van der Waals surface area (Å²) in [5.41, 5.74) is 0. The molecule has 1 saturated heterocycles. The highest BCUT2D eigenvalue weighted by atomic mass is 16.5. The number of rotatable bonds is 7. The van der Waals surface area contributed by atoms with Crippen LogP contribution in [0.15, 0.2) is 4.99 Å². The molecular weight excluding hydrogens is 304 g/mol. The van der Waals surface area contributed by atoms with Gasteiger partial charge in [-0.25, -0.2) is 0 Å². The van der Waals surface area contributed by atoms with Gasteiger partial charge in [-0.05, 0) is 38.0 Å². The highest BCUT2D eigenvalue weighted by Gasteiger charge is 2.17. The van der Waals surface area contributed by atoms with E-state index in [9.17, 15) is 4.79 Å². The van der Waals surface area contributed by atoms with Crippen LogP contribution in [-0.4, -0.2) is 63.2 Å². The van der Waals surface area contributed by atoms with Gasteiger partial charge in [-0.2, -0.15) is 0 Å². The van der Waals surface area contributed by atoms with Crippen molar-refractivity contribution >= 4 is 11.9 Å². The number of nitrogens with zero attached hydrogens (tertiary/aromatic N) is 2. The van der Waals surface area contributed by atoms with Crippen LogP contribution < -0.4 is 10.6 Å². The summed E-state index contributed by atoms with van der Waals surface area (Å²) in [4.78, 5) is 18.4. The first-order valence-corrected chi connectivity index (χ1v) is 9.48. The molecule has 6 heteroatoms. The van der Waals surface area contributed by atoms with Gasteiger partial charge in [0.25, 0.3) is 0 Å². The van der Waals surface area contributed by atoms with Gasteiger partial charge < -0.3 is 20.3 Å². The van der Waals surface area contributed by atoms with Crippen molar-refractivity contribution in [3.05, 3.63) is 0 Å². The Morgan fingerprint density at radius 2 is 1.92 bits per heavy atom. The van der Waals surface area contributed by atoms with Crippen molar-refractivity contribution in [3.8, 4) is 0 Å². The van der Waals surface area contributed by atoms with Crippen molar-refractivity contribution < 1.29 is 9.53 Å². The van der Waals surface area contributed by atoms with Crippen LogP contribution in [0.4, 0.5) is 0 Å². The number of hydrogen-bond donors (Lipinski definition) is 2. The van der Waals surface area contributed by atoms with Gasteiger partial charge in [-0.1, -0.05) is 12.8 Å². The maximum atomic E-state index is 12.0. The standard InChI is InChI=1S/C18H34N4O2/c1-19-18(22(2)12-8-15-9-13-24-14-10-15)20-11-7-17(23)21-16-5-3-4-6-16/h15-16H,3-14H2,1-2H3,(H,19,20)(H,21,23). The van der Waals surface area contributed by atoms with Gasteiger partial charge in [0.1, 0.15) is 0 Å². The summed E-state index contributed by atoms with van der Waals surface area (Å²) in [6, 6.07) is 0.402. The molecule has 2 N–H and O–H groups in total. The number of amides is 1. The fraction of sp³-hybridized carbons (Fsp3) is 0.889. The summed E-state index contributed by atoms with van der Waals surface area (Å²) in [5.74, 6) is 1.78. The number of hydrogen-bond acceptors (Lipinski definition) is 3. The molecule has 2 aliphatic rings. The lowest BCUT2D eigenvalue weighted by atomic mass is 9.96. The zero-order valence-corrected chi connectivity index (χ0v) is 15.4. The molecule has 1 amide bonds. The van der Waals surface area contributed by atoms with Gasteiger partial charge >= 0.3 is 0 Å². The third kappa shape index (κ3) is 6.67. The maximum absolute atomic E-state index is 12.0. The van der Waals surface area contributed by atoms with Crippen molar-refractivity contribution in [1.82, 2.24) is 15.5 Å². The van der Waals surface area contributed by atoms with E-state index in [1.54, 1.807) is 7.05 Å². The van der Waals surface area contributed by atoms with Gasteiger partial charge in [-0.3, -0.25) is 9.79 Å². The molecule has 0 spiro atoms. The van der Waals surface area contributed by atoms with Crippen LogP contribution in [0.25, 0.3) is 0 Å². The Kier molecular flexibility index (Phi) is 8.36. The van der Waals surface area contributed by atoms with Crippen molar-refractivity contribution in [2.45, 2.75) is 57.4 Å². The molecule has 0 aromatic rings. The van der Waals surface area contributed by atoms with Crippen molar-refractivity contribution in [2.75, 3.05) is 40.4 Å². The summed E-state index contributed by atoms with van der Waals surface area (Å²) < 4.78 is 5.41. The predicted molar refractivity (Wildman–Crippen MR) is 97.2 cm³/mol. The number of carbonyl (C=O) groups is 1. The molecule has 1 heterocycles. The lowest BCUT2D eigenvalue weighted by molar-refractivity contribution is -0.121. The van der Waals surface area contributed by atoms with Crippen molar-refractivity contribution in [1.29, 1.82) is 0 Å². The molecule has 0 aromatic heterocycles. The Morgan fingerprint density at radius 1 is 1.21 bits per heavy atom. The van der Waals surface area contributed by atoms with E-state index < -0.39 is 0 Å². The fourth-order valence-corrected chi connectivity index (χ4v) is 3.56. The minimum Gasteiger partial charge on any atom is -0.381 e. The maximum Gasteiger partial charge on any atom is 0.221 e. The number of guanidine groups is 1. The number of aliphatic imine (C=N–C) groups is 1. The van der Waals surface area contributed by atoms with Gasteiger partial charge in [0, 0.05) is 52.9 Å². The molecule has 1 saturated carbocycles. The normalized spacial score (nSPS) is 20.2. The van der Waals surface area contributed by atoms with Crippen molar-refractivity contribution in [2.24, 2.45) is 10.9 Å². The van der Waals surface area contributed by atoms with Crippen LogP contribution in [0, 0.1) is 5.92 Å². The zero-order valence-electron chi connectivity index (χ0n) is 15.4. The predicted octanol–water partition coefficient (Wildman–Crippen LogP) is 1.76. The Bertz CT molecular complexity index is 402. The quantitative estimate of drug-likeness (QED) is 0.548. The zero-order chi connectivity index (χ0) is 17.2. The molecule has 0 atom stereocenters. The van der Waals surface area contributed by atoms with Crippen LogP contribution in [0.3, 0.4) is 0 Å². The van der Waals surface area contributed by atoms with Crippen LogP contribution in [0.1, 0.15) is 51.4 Å². The van der Waals surface area contributed by atoms with Crippen LogP contribution in [0.5, 0.6) is 0 Å². The van der Waals surface area contributed by atoms with E-state index in [1.165, 1.54) is 32.1 Å². The second kappa shape index (κ2) is 10.5. The second-order valence-electron chi connectivity index (χ2n) is 7.04. The van der Waals surface area contributed by atoms with Gasteiger partial charge in [-0.15, -0.1) is 0 Å². The molecule has 2 fully saturated rings. The average molecular weight is 338 g/mol. The second-order valence-corrected chi connectivity index (χ2v) is 7.04. The first-order chi connectivity index (χ1) is 11.7. The first-order valence-electron chi connectivity index (χ1n) is 9.48. The summed E-state index contributed by atoms with van der Waals surface area (Å²) in [6.07, 6.45) is 8.77. The van der Waals surface area contributed by atoms with E-state index in [0.717, 1.165) is 44.5 Å².